The smallest absolute Gasteiger partial charge is 0.222 e. The number of amides is 1. The summed E-state index contributed by atoms with van der Waals surface area (Å²) in [5.41, 5.74) is 1.25. The van der Waals surface area contributed by atoms with Crippen LogP contribution in [0.1, 0.15) is 37.9 Å². The summed E-state index contributed by atoms with van der Waals surface area (Å²) in [7, 11) is 3.63. The van der Waals surface area contributed by atoms with E-state index < -0.39 is 0 Å². The SMILES string of the molecule is C[C@H]1CO[C@H](c2ccccc2)CN1CCCCC(=O)N(C)C. The molecule has 1 aliphatic rings. The Bertz CT molecular complexity index is 461. The molecule has 122 valence electrons. The van der Waals surface area contributed by atoms with Crippen LogP contribution < -0.4 is 0 Å². The second-order valence-electron chi connectivity index (χ2n) is 6.32. The summed E-state index contributed by atoms with van der Waals surface area (Å²) in [6, 6.07) is 10.9. The number of carbonyl (C=O) groups excluding carboxylic acids is 1. The van der Waals surface area contributed by atoms with Gasteiger partial charge in [-0.1, -0.05) is 30.3 Å². The van der Waals surface area contributed by atoms with E-state index >= 15 is 0 Å². The first-order valence-electron chi connectivity index (χ1n) is 8.18. The van der Waals surface area contributed by atoms with Gasteiger partial charge in [-0.05, 0) is 31.9 Å². The average molecular weight is 304 g/mol. The van der Waals surface area contributed by atoms with Gasteiger partial charge < -0.3 is 9.64 Å². The van der Waals surface area contributed by atoms with Crippen molar-refractivity contribution in [2.45, 2.75) is 38.3 Å². The number of ether oxygens (including phenoxy) is 1. The van der Waals surface area contributed by atoms with Crippen molar-refractivity contribution >= 4 is 5.91 Å². The summed E-state index contributed by atoms with van der Waals surface area (Å²) < 4.78 is 5.98. The average Bonchev–Trinajstić information content (AvgIpc) is 2.53. The Morgan fingerprint density at radius 3 is 2.68 bits per heavy atom. The van der Waals surface area contributed by atoms with Gasteiger partial charge in [-0.25, -0.2) is 0 Å². The van der Waals surface area contributed by atoms with E-state index in [1.54, 1.807) is 4.90 Å². The van der Waals surface area contributed by atoms with Crippen LogP contribution in [0.5, 0.6) is 0 Å². The van der Waals surface area contributed by atoms with Gasteiger partial charge >= 0.3 is 0 Å². The lowest BCUT2D eigenvalue weighted by Gasteiger charge is -2.38. The van der Waals surface area contributed by atoms with E-state index in [4.69, 9.17) is 4.74 Å². The molecule has 0 spiro atoms. The Balaban J connectivity index is 1.78. The fraction of sp³-hybridized carbons (Fsp3) is 0.611. The Morgan fingerprint density at radius 2 is 2.00 bits per heavy atom. The lowest BCUT2D eigenvalue weighted by molar-refractivity contribution is -0.128. The van der Waals surface area contributed by atoms with Gasteiger partial charge in [0.05, 0.1) is 12.7 Å². The molecular weight excluding hydrogens is 276 g/mol. The third-order valence-electron chi connectivity index (χ3n) is 4.32. The van der Waals surface area contributed by atoms with Crippen LogP contribution in [0.4, 0.5) is 0 Å². The fourth-order valence-electron chi connectivity index (χ4n) is 2.80. The lowest BCUT2D eigenvalue weighted by Crippen LogP contribution is -2.45. The van der Waals surface area contributed by atoms with Crippen LogP contribution in [0.15, 0.2) is 30.3 Å². The van der Waals surface area contributed by atoms with Crippen molar-refractivity contribution in [2.75, 3.05) is 33.8 Å². The van der Waals surface area contributed by atoms with Crippen LogP contribution in [0.3, 0.4) is 0 Å². The molecule has 2 atom stereocenters. The van der Waals surface area contributed by atoms with Crippen molar-refractivity contribution in [3.63, 3.8) is 0 Å². The summed E-state index contributed by atoms with van der Waals surface area (Å²) >= 11 is 0. The predicted octanol–water partition coefficient (Wildman–Crippen LogP) is 2.71. The van der Waals surface area contributed by atoms with Crippen LogP contribution in [-0.4, -0.2) is 55.5 Å². The lowest BCUT2D eigenvalue weighted by atomic mass is 10.1. The van der Waals surface area contributed by atoms with Crippen LogP contribution in [-0.2, 0) is 9.53 Å². The number of hydrogen-bond donors (Lipinski definition) is 0. The number of rotatable bonds is 6. The first kappa shape index (κ1) is 17.0. The molecule has 0 saturated carbocycles. The second-order valence-corrected chi connectivity index (χ2v) is 6.32. The molecule has 22 heavy (non-hydrogen) atoms. The molecule has 4 heteroatoms. The van der Waals surface area contributed by atoms with Crippen molar-refractivity contribution in [1.82, 2.24) is 9.80 Å². The Labute approximate surface area is 134 Å². The molecule has 1 heterocycles. The molecule has 0 N–H and O–H groups in total. The third kappa shape index (κ3) is 4.82. The normalized spacial score (nSPS) is 22.5. The highest BCUT2D eigenvalue weighted by Gasteiger charge is 2.26. The van der Waals surface area contributed by atoms with E-state index in [9.17, 15) is 4.79 Å². The maximum atomic E-state index is 11.6. The summed E-state index contributed by atoms with van der Waals surface area (Å²) in [4.78, 5) is 15.7. The molecular formula is C18H28N2O2. The first-order valence-corrected chi connectivity index (χ1v) is 8.18. The Kier molecular flexibility index (Phi) is 6.40. The zero-order valence-electron chi connectivity index (χ0n) is 14.0. The number of nitrogens with zero attached hydrogens (tertiary/aromatic N) is 2. The molecule has 1 aromatic carbocycles. The molecule has 0 bridgehead atoms. The Hall–Kier alpha value is -1.39. The Morgan fingerprint density at radius 1 is 1.27 bits per heavy atom. The largest absolute Gasteiger partial charge is 0.371 e. The van der Waals surface area contributed by atoms with E-state index in [1.165, 1.54) is 5.56 Å². The van der Waals surface area contributed by atoms with E-state index in [-0.39, 0.29) is 12.0 Å². The quantitative estimate of drug-likeness (QED) is 0.758. The number of carbonyl (C=O) groups is 1. The highest BCUT2D eigenvalue weighted by molar-refractivity contribution is 5.75. The molecule has 4 nitrogen and oxygen atoms in total. The third-order valence-corrected chi connectivity index (χ3v) is 4.32. The number of benzene rings is 1. The first-order chi connectivity index (χ1) is 10.6. The molecule has 1 fully saturated rings. The van der Waals surface area contributed by atoms with Gasteiger partial charge in [0.2, 0.25) is 5.91 Å². The van der Waals surface area contributed by atoms with E-state index in [1.807, 2.05) is 20.2 Å². The molecule has 0 radical (unpaired) electrons. The molecule has 0 aliphatic carbocycles. The predicted molar refractivity (Wildman–Crippen MR) is 88.7 cm³/mol. The zero-order chi connectivity index (χ0) is 15.9. The van der Waals surface area contributed by atoms with E-state index in [0.29, 0.717) is 12.5 Å². The highest BCUT2D eigenvalue weighted by Crippen LogP contribution is 2.24. The van der Waals surface area contributed by atoms with Gasteiger partial charge in [0, 0.05) is 33.1 Å². The summed E-state index contributed by atoms with van der Waals surface area (Å²) in [5, 5.41) is 0. The van der Waals surface area contributed by atoms with Gasteiger partial charge in [0.15, 0.2) is 0 Å². The van der Waals surface area contributed by atoms with Crippen molar-refractivity contribution in [2.24, 2.45) is 0 Å². The van der Waals surface area contributed by atoms with Crippen LogP contribution in [0, 0.1) is 0 Å². The van der Waals surface area contributed by atoms with Crippen molar-refractivity contribution in [3.8, 4) is 0 Å². The van der Waals surface area contributed by atoms with Gasteiger partial charge in [0.25, 0.3) is 0 Å². The van der Waals surface area contributed by atoms with Gasteiger partial charge in [-0.3, -0.25) is 9.69 Å². The standard InChI is InChI=1S/C18H28N2O2/c1-15-14-22-17(16-9-5-4-6-10-16)13-20(15)12-8-7-11-18(21)19(2)3/h4-6,9-10,15,17H,7-8,11-14H2,1-3H3/t15-,17-/m0/s1. The maximum absolute atomic E-state index is 11.6. The van der Waals surface area contributed by atoms with Crippen molar-refractivity contribution < 1.29 is 9.53 Å². The van der Waals surface area contributed by atoms with Crippen LogP contribution in [0.25, 0.3) is 0 Å². The van der Waals surface area contributed by atoms with E-state index in [2.05, 4.69) is 36.1 Å². The molecule has 1 aromatic rings. The molecule has 0 aromatic heterocycles. The molecule has 1 saturated heterocycles. The summed E-state index contributed by atoms with van der Waals surface area (Å²) in [6.45, 7) is 4.96. The maximum Gasteiger partial charge on any atom is 0.222 e. The van der Waals surface area contributed by atoms with Crippen LogP contribution >= 0.6 is 0 Å². The number of morpholine rings is 1. The minimum atomic E-state index is 0.167. The molecule has 2 rings (SSSR count). The number of hydrogen-bond acceptors (Lipinski definition) is 3. The van der Waals surface area contributed by atoms with Crippen LogP contribution in [0.2, 0.25) is 0 Å². The summed E-state index contributed by atoms with van der Waals surface area (Å²) in [5.74, 6) is 0.220. The molecule has 1 amide bonds. The molecule has 1 aliphatic heterocycles. The monoisotopic (exact) mass is 304 g/mol. The topological polar surface area (TPSA) is 32.8 Å². The second kappa shape index (κ2) is 8.30. The fourth-order valence-corrected chi connectivity index (χ4v) is 2.80. The summed E-state index contributed by atoms with van der Waals surface area (Å²) in [6.07, 6.45) is 2.83. The van der Waals surface area contributed by atoms with E-state index in [0.717, 1.165) is 32.5 Å². The van der Waals surface area contributed by atoms with Gasteiger partial charge in [0.1, 0.15) is 0 Å². The van der Waals surface area contributed by atoms with Gasteiger partial charge in [-0.2, -0.15) is 0 Å². The highest BCUT2D eigenvalue weighted by atomic mass is 16.5. The zero-order valence-corrected chi connectivity index (χ0v) is 14.0. The minimum absolute atomic E-state index is 0.167. The number of unbranched alkanes of at least 4 members (excludes halogenated alkanes) is 1. The van der Waals surface area contributed by atoms with Gasteiger partial charge in [-0.15, -0.1) is 0 Å². The minimum Gasteiger partial charge on any atom is -0.371 e. The molecule has 0 unspecified atom stereocenters. The van der Waals surface area contributed by atoms with Crippen molar-refractivity contribution in [1.29, 1.82) is 0 Å². The van der Waals surface area contributed by atoms with Crippen molar-refractivity contribution in [3.05, 3.63) is 35.9 Å².